The smallest absolute Gasteiger partial charge is 0.227 e. The van der Waals surface area contributed by atoms with Gasteiger partial charge in [-0.3, -0.25) is 4.79 Å². The van der Waals surface area contributed by atoms with Crippen molar-refractivity contribution < 1.29 is 9.53 Å². The summed E-state index contributed by atoms with van der Waals surface area (Å²) in [7, 11) is 1.64. The molecule has 136 valence electrons. The normalized spacial score (nSPS) is 15.9. The highest BCUT2D eigenvalue weighted by Gasteiger charge is 2.29. The lowest BCUT2D eigenvalue weighted by atomic mass is 9.81. The number of hydrogen-bond acceptors (Lipinski definition) is 5. The van der Waals surface area contributed by atoms with E-state index in [-0.39, 0.29) is 11.7 Å². The van der Waals surface area contributed by atoms with Gasteiger partial charge >= 0.3 is 0 Å². The Balaban J connectivity index is 1.63. The van der Waals surface area contributed by atoms with Crippen LogP contribution in [0.5, 0.6) is 5.75 Å². The lowest BCUT2D eigenvalue weighted by Crippen LogP contribution is -2.22. The van der Waals surface area contributed by atoms with Gasteiger partial charge < -0.3 is 10.1 Å². The van der Waals surface area contributed by atoms with Gasteiger partial charge in [0.25, 0.3) is 0 Å². The second kappa shape index (κ2) is 7.19. The maximum absolute atomic E-state index is 12.7. The molecule has 1 aliphatic rings. The van der Waals surface area contributed by atoms with Crippen molar-refractivity contribution in [2.24, 2.45) is 0 Å². The standard InChI is InChI=1S/C22H21N3O2/c1-14-21-19(12-16(13-20(21)26)15-6-4-3-5-7-15)25-22(23-14)24-17-8-10-18(27-2)11-9-17/h3-11,16H,12-13H2,1-2H3,(H,23,24,25). The molecule has 0 saturated carbocycles. The number of hydrogen-bond donors (Lipinski definition) is 1. The van der Waals surface area contributed by atoms with Gasteiger partial charge in [-0.25, -0.2) is 9.97 Å². The van der Waals surface area contributed by atoms with E-state index >= 15 is 0 Å². The van der Waals surface area contributed by atoms with Crippen molar-refractivity contribution in [2.45, 2.75) is 25.7 Å². The van der Waals surface area contributed by atoms with Gasteiger partial charge in [-0.2, -0.15) is 0 Å². The highest BCUT2D eigenvalue weighted by molar-refractivity contribution is 5.99. The molecule has 5 nitrogen and oxygen atoms in total. The number of rotatable bonds is 4. The fraction of sp³-hybridized carbons (Fsp3) is 0.227. The molecular formula is C22H21N3O2. The van der Waals surface area contributed by atoms with Crippen LogP contribution in [0.15, 0.2) is 54.6 Å². The van der Waals surface area contributed by atoms with Crippen LogP contribution in [-0.2, 0) is 6.42 Å². The minimum atomic E-state index is 0.124. The molecule has 1 aromatic heterocycles. The number of carbonyl (C=O) groups excluding carboxylic acids is 1. The van der Waals surface area contributed by atoms with Crippen LogP contribution in [0.3, 0.4) is 0 Å². The number of benzene rings is 2. The van der Waals surface area contributed by atoms with Gasteiger partial charge in [0.05, 0.1) is 24.1 Å². The Morgan fingerprint density at radius 1 is 1.00 bits per heavy atom. The van der Waals surface area contributed by atoms with E-state index in [0.717, 1.165) is 29.2 Å². The monoisotopic (exact) mass is 359 g/mol. The number of nitrogens with zero attached hydrogens (tertiary/aromatic N) is 2. The van der Waals surface area contributed by atoms with Gasteiger partial charge in [0.1, 0.15) is 5.75 Å². The molecule has 0 spiro atoms. The average molecular weight is 359 g/mol. The maximum Gasteiger partial charge on any atom is 0.227 e. The predicted octanol–water partition coefficient (Wildman–Crippen LogP) is 4.45. The highest BCUT2D eigenvalue weighted by Crippen LogP contribution is 2.33. The number of methoxy groups -OCH3 is 1. The van der Waals surface area contributed by atoms with Gasteiger partial charge in [0, 0.05) is 12.1 Å². The minimum Gasteiger partial charge on any atom is -0.497 e. The van der Waals surface area contributed by atoms with Gasteiger partial charge in [-0.05, 0) is 49.1 Å². The molecule has 2 aromatic carbocycles. The number of aromatic nitrogens is 2. The summed E-state index contributed by atoms with van der Waals surface area (Å²) in [5.41, 5.74) is 4.29. The zero-order valence-electron chi connectivity index (χ0n) is 15.4. The topological polar surface area (TPSA) is 64.1 Å². The number of ketones is 1. The van der Waals surface area contributed by atoms with Crippen molar-refractivity contribution >= 4 is 17.4 Å². The molecule has 1 aliphatic carbocycles. The Labute approximate surface area is 158 Å². The summed E-state index contributed by atoms with van der Waals surface area (Å²) >= 11 is 0. The van der Waals surface area contributed by atoms with Crippen LogP contribution >= 0.6 is 0 Å². The van der Waals surface area contributed by atoms with E-state index in [4.69, 9.17) is 4.74 Å². The first-order valence-electron chi connectivity index (χ1n) is 9.01. The van der Waals surface area contributed by atoms with Crippen LogP contribution < -0.4 is 10.1 Å². The highest BCUT2D eigenvalue weighted by atomic mass is 16.5. The van der Waals surface area contributed by atoms with E-state index in [0.29, 0.717) is 17.9 Å². The minimum absolute atomic E-state index is 0.124. The Bertz CT molecular complexity index is 969. The summed E-state index contributed by atoms with van der Waals surface area (Å²) in [5.74, 6) is 1.59. The van der Waals surface area contributed by atoms with Crippen LogP contribution in [0.1, 0.15) is 39.6 Å². The van der Waals surface area contributed by atoms with Crippen molar-refractivity contribution in [3.63, 3.8) is 0 Å². The van der Waals surface area contributed by atoms with E-state index in [1.54, 1.807) is 7.11 Å². The molecule has 3 aromatic rings. The molecule has 0 saturated heterocycles. The number of fused-ring (bicyclic) bond motifs is 1. The van der Waals surface area contributed by atoms with E-state index in [2.05, 4.69) is 27.4 Å². The number of aryl methyl sites for hydroxylation is 1. The van der Waals surface area contributed by atoms with Crippen LogP contribution in [-0.4, -0.2) is 22.9 Å². The number of nitrogens with one attached hydrogen (secondary N) is 1. The molecule has 4 rings (SSSR count). The van der Waals surface area contributed by atoms with E-state index in [9.17, 15) is 4.79 Å². The van der Waals surface area contributed by atoms with Crippen molar-refractivity contribution in [3.8, 4) is 5.75 Å². The van der Waals surface area contributed by atoms with Gasteiger partial charge in [0.15, 0.2) is 5.78 Å². The lowest BCUT2D eigenvalue weighted by Gasteiger charge is -2.24. The van der Waals surface area contributed by atoms with Crippen molar-refractivity contribution in [2.75, 3.05) is 12.4 Å². The Kier molecular flexibility index (Phi) is 4.59. The molecule has 1 atom stereocenters. The summed E-state index contributed by atoms with van der Waals surface area (Å²) in [5, 5.41) is 3.23. The van der Waals surface area contributed by atoms with E-state index < -0.39 is 0 Å². The van der Waals surface area contributed by atoms with Crippen LogP contribution in [0, 0.1) is 6.92 Å². The number of carbonyl (C=O) groups is 1. The Morgan fingerprint density at radius 2 is 1.74 bits per heavy atom. The first-order valence-corrected chi connectivity index (χ1v) is 9.01. The quantitative estimate of drug-likeness (QED) is 0.745. The second-order valence-electron chi connectivity index (χ2n) is 6.75. The summed E-state index contributed by atoms with van der Waals surface area (Å²) < 4.78 is 5.18. The third-order valence-electron chi connectivity index (χ3n) is 4.93. The molecule has 0 fully saturated rings. The van der Waals surface area contributed by atoms with Crippen LogP contribution in [0.2, 0.25) is 0 Å². The first-order chi connectivity index (χ1) is 13.1. The molecule has 5 heteroatoms. The van der Waals surface area contributed by atoms with Crippen molar-refractivity contribution in [1.82, 2.24) is 9.97 Å². The van der Waals surface area contributed by atoms with Crippen molar-refractivity contribution in [1.29, 1.82) is 0 Å². The Hall–Kier alpha value is -3.21. The predicted molar refractivity (Wildman–Crippen MR) is 105 cm³/mol. The molecule has 0 radical (unpaired) electrons. The maximum atomic E-state index is 12.7. The molecule has 1 heterocycles. The summed E-state index contributed by atoms with van der Waals surface area (Å²) in [6.45, 7) is 1.88. The second-order valence-corrected chi connectivity index (χ2v) is 6.75. The zero-order valence-corrected chi connectivity index (χ0v) is 15.4. The molecule has 1 N–H and O–H groups in total. The molecule has 1 unspecified atom stereocenters. The van der Waals surface area contributed by atoms with Gasteiger partial charge in [0.2, 0.25) is 5.95 Å². The number of anilines is 2. The fourth-order valence-corrected chi connectivity index (χ4v) is 3.59. The van der Waals surface area contributed by atoms with Crippen LogP contribution in [0.4, 0.5) is 11.6 Å². The summed E-state index contributed by atoms with van der Waals surface area (Å²) in [4.78, 5) is 21.9. The van der Waals surface area contributed by atoms with Crippen LogP contribution in [0.25, 0.3) is 0 Å². The SMILES string of the molecule is COc1ccc(Nc2nc(C)c3c(n2)CC(c2ccccc2)CC3=O)cc1. The molecule has 0 aliphatic heterocycles. The Morgan fingerprint density at radius 3 is 2.44 bits per heavy atom. The molecule has 0 amide bonds. The number of ether oxygens (including phenoxy) is 1. The lowest BCUT2D eigenvalue weighted by molar-refractivity contribution is 0.0962. The van der Waals surface area contributed by atoms with E-state index in [1.807, 2.05) is 49.4 Å². The van der Waals surface area contributed by atoms with Gasteiger partial charge in [-0.1, -0.05) is 30.3 Å². The zero-order chi connectivity index (χ0) is 18.8. The fourth-order valence-electron chi connectivity index (χ4n) is 3.59. The van der Waals surface area contributed by atoms with Gasteiger partial charge in [-0.15, -0.1) is 0 Å². The average Bonchev–Trinajstić information content (AvgIpc) is 2.68. The first kappa shape index (κ1) is 17.2. The summed E-state index contributed by atoms with van der Waals surface area (Å²) in [6, 6.07) is 17.7. The summed E-state index contributed by atoms with van der Waals surface area (Å²) in [6.07, 6.45) is 1.25. The third-order valence-corrected chi connectivity index (χ3v) is 4.93. The molecular weight excluding hydrogens is 338 g/mol. The van der Waals surface area contributed by atoms with Crippen molar-refractivity contribution in [3.05, 3.63) is 77.1 Å². The van der Waals surface area contributed by atoms with E-state index in [1.165, 1.54) is 5.56 Å². The molecule has 0 bridgehead atoms. The third kappa shape index (κ3) is 3.53. The largest absolute Gasteiger partial charge is 0.497 e. The molecule has 27 heavy (non-hydrogen) atoms. The number of Topliss-reactive ketones (excluding diaryl/α,β-unsaturated/α-hetero) is 1.